The van der Waals surface area contributed by atoms with Crippen LogP contribution in [-0.4, -0.2) is 17.0 Å². The molecule has 1 amide bonds. The number of carbonyl (C=O) groups excluding carboxylic acids is 1. The molecule has 6 heteroatoms. The molecule has 1 aromatic carbocycles. The van der Waals surface area contributed by atoms with Crippen molar-refractivity contribution in [2.45, 2.75) is 19.3 Å². The first kappa shape index (κ1) is 14.3. The van der Waals surface area contributed by atoms with Gasteiger partial charge in [-0.2, -0.15) is 0 Å². The monoisotopic (exact) mass is 365 g/mol. The van der Waals surface area contributed by atoms with E-state index in [2.05, 4.69) is 21.2 Å². The van der Waals surface area contributed by atoms with Gasteiger partial charge in [-0.05, 0) is 59.0 Å². The summed E-state index contributed by atoms with van der Waals surface area (Å²) in [7, 11) is 0. The van der Waals surface area contributed by atoms with Crippen LogP contribution >= 0.6 is 27.3 Å². The highest BCUT2D eigenvalue weighted by Crippen LogP contribution is 2.32. The maximum atomic E-state index is 12.3. The second kappa shape index (κ2) is 5.61. The lowest BCUT2D eigenvalue weighted by Crippen LogP contribution is -2.14. The minimum Gasteiger partial charge on any atom is -0.478 e. The average Bonchev–Trinajstić information content (AvgIpc) is 3.01. The number of benzene rings is 1. The Morgan fingerprint density at radius 1 is 1.29 bits per heavy atom. The number of hydrogen-bond donors (Lipinski definition) is 2. The highest BCUT2D eigenvalue weighted by Gasteiger charge is 2.21. The summed E-state index contributed by atoms with van der Waals surface area (Å²) >= 11 is 4.78. The second-order valence-electron chi connectivity index (χ2n) is 4.83. The highest BCUT2D eigenvalue weighted by atomic mass is 79.9. The molecule has 108 valence electrons. The van der Waals surface area contributed by atoms with Crippen LogP contribution in [0.3, 0.4) is 0 Å². The van der Waals surface area contributed by atoms with E-state index < -0.39 is 5.97 Å². The molecule has 0 radical (unpaired) electrons. The van der Waals surface area contributed by atoms with Crippen molar-refractivity contribution in [3.8, 4) is 0 Å². The third-order valence-corrected chi connectivity index (χ3v) is 5.35. The number of carboxylic acid groups (broad SMARTS) is 1. The van der Waals surface area contributed by atoms with Crippen LogP contribution in [-0.2, 0) is 12.8 Å². The Labute approximate surface area is 133 Å². The molecule has 1 aliphatic carbocycles. The fourth-order valence-electron chi connectivity index (χ4n) is 2.45. The van der Waals surface area contributed by atoms with E-state index in [1.54, 1.807) is 12.1 Å². The molecule has 0 atom stereocenters. The van der Waals surface area contributed by atoms with Gasteiger partial charge in [-0.3, -0.25) is 4.79 Å². The molecule has 1 heterocycles. The van der Waals surface area contributed by atoms with E-state index in [1.165, 1.54) is 27.8 Å². The van der Waals surface area contributed by atoms with Gasteiger partial charge in [0.25, 0.3) is 5.91 Å². The quantitative estimate of drug-likeness (QED) is 0.865. The van der Waals surface area contributed by atoms with E-state index in [0.29, 0.717) is 15.0 Å². The van der Waals surface area contributed by atoms with Gasteiger partial charge in [0.1, 0.15) is 0 Å². The van der Waals surface area contributed by atoms with E-state index in [0.717, 1.165) is 19.3 Å². The number of nitrogens with one attached hydrogen (secondary N) is 1. The normalized spacial score (nSPS) is 13.0. The Morgan fingerprint density at radius 2 is 2.10 bits per heavy atom. The molecule has 0 unspecified atom stereocenters. The maximum Gasteiger partial charge on any atom is 0.337 e. The van der Waals surface area contributed by atoms with E-state index in [9.17, 15) is 14.7 Å². The number of amides is 1. The van der Waals surface area contributed by atoms with Gasteiger partial charge in [0, 0.05) is 9.35 Å². The van der Waals surface area contributed by atoms with Crippen molar-refractivity contribution in [3.63, 3.8) is 0 Å². The van der Waals surface area contributed by atoms with Gasteiger partial charge < -0.3 is 10.4 Å². The van der Waals surface area contributed by atoms with Crippen LogP contribution in [0.1, 0.15) is 36.9 Å². The van der Waals surface area contributed by atoms with Gasteiger partial charge in [0.05, 0.1) is 16.1 Å². The minimum absolute atomic E-state index is 0.0711. The van der Waals surface area contributed by atoms with Crippen LogP contribution in [0.15, 0.2) is 28.7 Å². The SMILES string of the molecule is O=C(Nc1c(Br)cccc1C(=O)O)c1cc2c(s1)CCC2. The molecule has 1 aromatic heterocycles. The number of aryl methyl sites for hydroxylation is 2. The number of hydrogen-bond acceptors (Lipinski definition) is 3. The number of rotatable bonds is 3. The predicted octanol–water partition coefficient (Wildman–Crippen LogP) is 3.95. The molecule has 21 heavy (non-hydrogen) atoms. The molecule has 0 saturated heterocycles. The molecule has 0 aliphatic heterocycles. The minimum atomic E-state index is -1.07. The van der Waals surface area contributed by atoms with Crippen molar-refractivity contribution in [1.29, 1.82) is 0 Å². The smallest absolute Gasteiger partial charge is 0.337 e. The van der Waals surface area contributed by atoms with Crippen molar-refractivity contribution in [2.24, 2.45) is 0 Å². The van der Waals surface area contributed by atoms with E-state index in [-0.39, 0.29) is 11.5 Å². The number of fused-ring (bicyclic) bond motifs is 1. The standard InChI is InChI=1S/C15H12BrNO3S/c16-10-5-2-4-9(15(19)20)13(10)17-14(18)12-7-8-3-1-6-11(8)21-12/h2,4-5,7H,1,3,6H2,(H,17,18)(H,19,20). The first-order chi connectivity index (χ1) is 10.1. The third kappa shape index (κ3) is 2.73. The summed E-state index contributed by atoms with van der Waals surface area (Å²) in [6, 6.07) is 6.72. The van der Waals surface area contributed by atoms with Crippen LogP contribution in [0.5, 0.6) is 0 Å². The van der Waals surface area contributed by atoms with Gasteiger partial charge >= 0.3 is 5.97 Å². The van der Waals surface area contributed by atoms with Gasteiger partial charge in [0.2, 0.25) is 0 Å². The molecular formula is C15H12BrNO3S. The van der Waals surface area contributed by atoms with Crippen molar-refractivity contribution in [2.75, 3.05) is 5.32 Å². The Balaban J connectivity index is 1.89. The summed E-state index contributed by atoms with van der Waals surface area (Å²) in [6.07, 6.45) is 3.20. The van der Waals surface area contributed by atoms with Gasteiger partial charge in [-0.25, -0.2) is 4.79 Å². The summed E-state index contributed by atoms with van der Waals surface area (Å²) < 4.78 is 0.555. The van der Waals surface area contributed by atoms with Crippen molar-refractivity contribution >= 4 is 44.8 Å². The fraction of sp³-hybridized carbons (Fsp3) is 0.200. The van der Waals surface area contributed by atoms with Crippen molar-refractivity contribution in [1.82, 2.24) is 0 Å². The number of halogens is 1. The summed E-state index contributed by atoms with van der Waals surface area (Å²) in [5, 5.41) is 11.9. The van der Waals surface area contributed by atoms with E-state index in [4.69, 9.17) is 0 Å². The first-order valence-electron chi connectivity index (χ1n) is 6.51. The highest BCUT2D eigenvalue weighted by molar-refractivity contribution is 9.10. The van der Waals surface area contributed by atoms with Gasteiger partial charge in [-0.15, -0.1) is 11.3 Å². The topological polar surface area (TPSA) is 66.4 Å². The van der Waals surface area contributed by atoms with Crippen LogP contribution < -0.4 is 5.32 Å². The zero-order valence-corrected chi connectivity index (χ0v) is 13.4. The summed E-state index contributed by atoms with van der Waals surface area (Å²) in [4.78, 5) is 25.5. The first-order valence-corrected chi connectivity index (χ1v) is 8.12. The van der Waals surface area contributed by atoms with E-state index in [1.807, 2.05) is 6.07 Å². The van der Waals surface area contributed by atoms with Gasteiger partial charge in [-0.1, -0.05) is 6.07 Å². The summed E-state index contributed by atoms with van der Waals surface area (Å²) in [5.74, 6) is -1.33. The lowest BCUT2D eigenvalue weighted by atomic mass is 10.1. The maximum absolute atomic E-state index is 12.3. The molecule has 3 rings (SSSR count). The molecule has 4 nitrogen and oxygen atoms in total. The third-order valence-electron chi connectivity index (χ3n) is 3.45. The number of carboxylic acids is 1. The Morgan fingerprint density at radius 3 is 2.81 bits per heavy atom. The Kier molecular flexibility index (Phi) is 3.82. The number of thiophene rings is 1. The van der Waals surface area contributed by atoms with Gasteiger partial charge in [0.15, 0.2) is 0 Å². The molecular weight excluding hydrogens is 354 g/mol. The molecule has 2 N–H and O–H groups in total. The zero-order chi connectivity index (χ0) is 15.0. The van der Waals surface area contributed by atoms with Crippen molar-refractivity contribution in [3.05, 3.63) is 49.6 Å². The fourth-order valence-corrected chi connectivity index (χ4v) is 4.06. The number of carbonyl (C=O) groups is 2. The molecule has 1 aliphatic rings. The number of aromatic carboxylic acids is 1. The Bertz CT molecular complexity index is 717. The van der Waals surface area contributed by atoms with Crippen LogP contribution in [0.25, 0.3) is 0 Å². The van der Waals surface area contributed by atoms with Crippen LogP contribution in [0.2, 0.25) is 0 Å². The second-order valence-corrected chi connectivity index (χ2v) is 6.83. The van der Waals surface area contributed by atoms with Crippen molar-refractivity contribution < 1.29 is 14.7 Å². The summed E-state index contributed by atoms with van der Waals surface area (Å²) in [6.45, 7) is 0. The number of anilines is 1. The molecule has 0 bridgehead atoms. The largest absolute Gasteiger partial charge is 0.478 e. The molecule has 2 aromatic rings. The molecule has 0 fully saturated rings. The van der Waals surface area contributed by atoms with E-state index >= 15 is 0 Å². The lowest BCUT2D eigenvalue weighted by Gasteiger charge is -2.09. The van der Waals surface area contributed by atoms with Crippen LogP contribution in [0.4, 0.5) is 5.69 Å². The summed E-state index contributed by atoms with van der Waals surface area (Å²) in [5.41, 5.74) is 1.61. The lowest BCUT2D eigenvalue weighted by molar-refractivity contribution is 0.0698. The number of para-hydroxylation sites is 1. The zero-order valence-electron chi connectivity index (χ0n) is 11.0. The Hall–Kier alpha value is -1.66. The molecule has 0 spiro atoms. The van der Waals surface area contributed by atoms with Crippen LogP contribution in [0, 0.1) is 0 Å². The predicted molar refractivity (Wildman–Crippen MR) is 85.4 cm³/mol. The molecule has 0 saturated carbocycles. The average molecular weight is 366 g/mol.